The van der Waals surface area contributed by atoms with E-state index in [4.69, 9.17) is 4.74 Å². The van der Waals surface area contributed by atoms with Gasteiger partial charge in [0.15, 0.2) is 0 Å². The predicted molar refractivity (Wildman–Crippen MR) is 80.9 cm³/mol. The summed E-state index contributed by atoms with van der Waals surface area (Å²) in [6, 6.07) is 0. The molecule has 22 heavy (non-hydrogen) atoms. The number of amides is 2. The van der Waals surface area contributed by atoms with Crippen LogP contribution in [0.3, 0.4) is 0 Å². The van der Waals surface area contributed by atoms with Crippen LogP contribution in [0.15, 0.2) is 0 Å². The molecular formula is C16H26N2O4. The highest BCUT2D eigenvalue weighted by atomic mass is 16.5. The molecule has 0 aromatic carbocycles. The van der Waals surface area contributed by atoms with Crippen molar-refractivity contribution < 1.29 is 19.1 Å². The maximum absolute atomic E-state index is 12.1. The SMILES string of the molecule is CC(C)OC(=O)CCNC(=O)C1CCN(C(=O)C2CC2)CC1. The lowest BCUT2D eigenvalue weighted by Crippen LogP contribution is -2.43. The summed E-state index contributed by atoms with van der Waals surface area (Å²) in [6.07, 6.45) is 3.53. The van der Waals surface area contributed by atoms with E-state index in [2.05, 4.69) is 5.32 Å². The summed E-state index contributed by atoms with van der Waals surface area (Å²) >= 11 is 0. The zero-order valence-corrected chi connectivity index (χ0v) is 13.5. The second-order valence-electron chi connectivity index (χ2n) is 6.45. The molecule has 124 valence electrons. The monoisotopic (exact) mass is 310 g/mol. The number of carbonyl (C=O) groups excluding carboxylic acids is 3. The summed E-state index contributed by atoms with van der Waals surface area (Å²) in [5, 5.41) is 2.79. The second kappa shape index (κ2) is 7.61. The third kappa shape index (κ3) is 5.00. The molecule has 0 bridgehead atoms. The van der Waals surface area contributed by atoms with Gasteiger partial charge in [0.1, 0.15) is 0 Å². The van der Waals surface area contributed by atoms with E-state index in [1.165, 1.54) is 0 Å². The Morgan fingerprint density at radius 2 is 1.73 bits per heavy atom. The first-order valence-electron chi connectivity index (χ1n) is 8.23. The standard InChI is InChI=1S/C16H26N2O4/c1-11(2)22-14(19)5-8-17-15(20)12-6-9-18(10-7-12)16(21)13-3-4-13/h11-13H,3-10H2,1-2H3,(H,17,20). The number of nitrogens with zero attached hydrogens (tertiary/aromatic N) is 1. The maximum Gasteiger partial charge on any atom is 0.307 e. The van der Waals surface area contributed by atoms with Gasteiger partial charge in [-0.1, -0.05) is 0 Å². The minimum atomic E-state index is -0.292. The first kappa shape index (κ1) is 16.8. The fraction of sp³-hybridized carbons (Fsp3) is 0.812. The molecule has 1 saturated carbocycles. The summed E-state index contributed by atoms with van der Waals surface area (Å²) in [4.78, 5) is 37.3. The Balaban J connectivity index is 1.62. The molecule has 6 nitrogen and oxygen atoms in total. The molecular weight excluding hydrogens is 284 g/mol. The maximum atomic E-state index is 12.1. The van der Waals surface area contributed by atoms with Crippen LogP contribution in [0.1, 0.15) is 46.0 Å². The Hall–Kier alpha value is -1.59. The number of piperidine rings is 1. The van der Waals surface area contributed by atoms with Crippen LogP contribution in [0.2, 0.25) is 0 Å². The highest BCUT2D eigenvalue weighted by Crippen LogP contribution is 2.32. The molecule has 2 amide bonds. The average Bonchev–Trinajstić information content (AvgIpc) is 3.30. The van der Waals surface area contributed by atoms with E-state index in [-0.39, 0.29) is 42.1 Å². The van der Waals surface area contributed by atoms with Crippen LogP contribution in [0.5, 0.6) is 0 Å². The van der Waals surface area contributed by atoms with E-state index >= 15 is 0 Å². The molecule has 0 unspecified atom stereocenters. The lowest BCUT2D eigenvalue weighted by atomic mass is 9.95. The number of ether oxygens (including phenoxy) is 1. The van der Waals surface area contributed by atoms with Crippen LogP contribution in [-0.2, 0) is 19.1 Å². The van der Waals surface area contributed by atoms with Gasteiger partial charge in [0.25, 0.3) is 0 Å². The number of esters is 1. The molecule has 1 saturated heterocycles. The molecule has 1 N–H and O–H groups in total. The minimum absolute atomic E-state index is 0.0177. The second-order valence-corrected chi connectivity index (χ2v) is 6.45. The van der Waals surface area contributed by atoms with Gasteiger partial charge in [-0.25, -0.2) is 0 Å². The summed E-state index contributed by atoms with van der Waals surface area (Å²) in [7, 11) is 0. The van der Waals surface area contributed by atoms with Crippen molar-refractivity contribution in [2.75, 3.05) is 19.6 Å². The number of hydrogen-bond acceptors (Lipinski definition) is 4. The van der Waals surface area contributed by atoms with E-state index in [0.29, 0.717) is 32.5 Å². The van der Waals surface area contributed by atoms with Gasteiger partial charge in [-0.05, 0) is 39.5 Å². The average molecular weight is 310 g/mol. The number of rotatable bonds is 6. The Morgan fingerprint density at radius 1 is 1.09 bits per heavy atom. The fourth-order valence-electron chi connectivity index (χ4n) is 2.70. The Labute approximate surface area is 131 Å². The van der Waals surface area contributed by atoms with Crippen LogP contribution < -0.4 is 5.32 Å². The normalized spacial score (nSPS) is 19.1. The van der Waals surface area contributed by atoms with Crippen molar-refractivity contribution in [3.63, 3.8) is 0 Å². The molecule has 1 aliphatic heterocycles. The van der Waals surface area contributed by atoms with Crippen LogP contribution in [-0.4, -0.2) is 48.4 Å². The molecule has 0 aromatic rings. The van der Waals surface area contributed by atoms with E-state index in [9.17, 15) is 14.4 Å². The lowest BCUT2D eigenvalue weighted by Gasteiger charge is -2.31. The zero-order chi connectivity index (χ0) is 16.1. The van der Waals surface area contributed by atoms with Gasteiger partial charge in [-0.15, -0.1) is 0 Å². The summed E-state index contributed by atoms with van der Waals surface area (Å²) < 4.78 is 5.01. The summed E-state index contributed by atoms with van der Waals surface area (Å²) in [6.45, 7) is 5.25. The first-order chi connectivity index (χ1) is 10.5. The molecule has 0 aromatic heterocycles. The highest BCUT2D eigenvalue weighted by Gasteiger charge is 2.35. The molecule has 0 atom stereocenters. The number of hydrogen-bond donors (Lipinski definition) is 1. The van der Waals surface area contributed by atoms with Crippen molar-refractivity contribution in [3.8, 4) is 0 Å². The van der Waals surface area contributed by atoms with Crippen molar-refractivity contribution in [2.45, 2.75) is 52.1 Å². The first-order valence-corrected chi connectivity index (χ1v) is 8.23. The van der Waals surface area contributed by atoms with Gasteiger partial charge in [0.2, 0.25) is 11.8 Å². The molecule has 0 spiro atoms. The highest BCUT2D eigenvalue weighted by molar-refractivity contribution is 5.82. The quantitative estimate of drug-likeness (QED) is 0.745. The summed E-state index contributed by atoms with van der Waals surface area (Å²) in [5.41, 5.74) is 0. The van der Waals surface area contributed by atoms with Gasteiger partial charge in [-0.3, -0.25) is 14.4 Å². The van der Waals surface area contributed by atoms with E-state index in [0.717, 1.165) is 12.8 Å². The number of nitrogens with one attached hydrogen (secondary N) is 1. The largest absolute Gasteiger partial charge is 0.463 e. The van der Waals surface area contributed by atoms with Gasteiger partial charge >= 0.3 is 5.97 Å². The zero-order valence-electron chi connectivity index (χ0n) is 13.5. The Kier molecular flexibility index (Phi) is 5.80. The third-order valence-electron chi connectivity index (χ3n) is 4.10. The molecule has 2 rings (SSSR count). The molecule has 1 heterocycles. The smallest absolute Gasteiger partial charge is 0.307 e. The van der Waals surface area contributed by atoms with Crippen LogP contribution in [0.4, 0.5) is 0 Å². The molecule has 6 heteroatoms. The molecule has 2 aliphatic rings. The predicted octanol–water partition coefficient (Wildman–Crippen LogP) is 1.09. The van der Waals surface area contributed by atoms with Crippen LogP contribution >= 0.6 is 0 Å². The van der Waals surface area contributed by atoms with Gasteiger partial charge in [-0.2, -0.15) is 0 Å². The van der Waals surface area contributed by atoms with Crippen molar-refractivity contribution in [3.05, 3.63) is 0 Å². The van der Waals surface area contributed by atoms with Crippen molar-refractivity contribution >= 4 is 17.8 Å². The lowest BCUT2D eigenvalue weighted by molar-refractivity contribution is -0.147. The summed E-state index contributed by atoms with van der Waals surface area (Å²) in [5.74, 6) is 0.146. The van der Waals surface area contributed by atoms with Gasteiger partial charge in [0, 0.05) is 31.5 Å². The van der Waals surface area contributed by atoms with Crippen LogP contribution in [0.25, 0.3) is 0 Å². The number of likely N-dealkylation sites (tertiary alicyclic amines) is 1. The van der Waals surface area contributed by atoms with Crippen molar-refractivity contribution in [2.24, 2.45) is 11.8 Å². The third-order valence-corrected chi connectivity index (χ3v) is 4.10. The van der Waals surface area contributed by atoms with E-state index < -0.39 is 0 Å². The van der Waals surface area contributed by atoms with Crippen LogP contribution in [0, 0.1) is 11.8 Å². The van der Waals surface area contributed by atoms with Crippen molar-refractivity contribution in [1.29, 1.82) is 0 Å². The fourth-order valence-corrected chi connectivity index (χ4v) is 2.70. The van der Waals surface area contributed by atoms with Crippen molar-refractivity contribution in [1.82, 2.24) is 10.2 Å². The topological polar surface area (TPSA) is 75.7 Å². The van der Waals surface area contributed by atoms with E-state index in [1.807, 2.05) is 4.90 Å². The molecule has 0 radical (unpaired) electrons. The van der Waals surface area contributed by atoms with Gasteiger partial charge in [0.05, 0.1) is 12.5 Å². The molecule has 2 fully saturated rings. The number of carbonyl (C=O) groups is 3. The minimum Gasteiger partial charge on any atom is -0.463 e. The Morgan fingerprint density at radius 3 is 2.27 bits per heavy atom. The Bertz CT molecular complexity index is 424. The molecule has 1 aliphatic carbocycles. The van der Waals surface area contributed by atoms with E-state index in [1.54, 1.807) is 13.8 Å². The van der Waals surface area contributed by atoms with Gasteiger partial charge < -0.3 is 15.0 Å².